The van der Waals surface area contributed by atoms with E-state index in [1.54, 1.807) is 0 Å². The zero-order valence-corrected chi connectivity index (χ0v) is 12.8. The van der Waals surface area contributed by atoms with Gasteiger partial charge >= 0.3 is 0 Å². The number of nitro groups is 1. The van der Waals surface area contributed by atoms with E-state index in [0.717, 1.165) is 6.42 Å². The lowest BCUT2D eigenvalue weighted by Crippen LogP contribution is -2.35. The topological polar surface area (TPSA) is 81.5 Å². The minimum Gasteiger partial charge on any atom is -0.378 e. The van der Waals surface area contributed by atoms with Crippen LogP contribution in [0.1, 0.15) is 30.6 Å². The van der Waals surface area contributed by atoms with E-state index < -0.39 is 33.7 Å². The number of amides is 1. The lowest BCUT2D eigenvalue weighted by Gasteiger charge is -2.22. The maximum atomic E-state index is 13.3. The van der Waals surface area contributed by atoms with Crippen molar-refractivity contribution >= 4 is 11.6 Å². The largest absolute Gasteiger partial charge is 0.378 e. The highest BCUT2D eigenvalue weighted by atomic mass is 19.2. The predicted molar refractivity (Wildman–Crippen MR) is 78.0 cm³/mol. The molecule has 8 heteroatoms. The monoisotopic (exact) mass is 328 g/mol. The van der Waals surface area contributed by atoms with Crippen LogP contribution in [0.2, 0.25) is 0 Å². The second kappa shape index (κ2) is 6.99. The Hall–Kier alpha value is -2.09. The van der Waals surface area contributed by atoms with Gasteiger partial charge in [0.15, 0.2) is 11.6 Å². The number of carbonyl (C=O) groups excluding carboxylic acids is 1. The highest BCUT2D eigenvalue weighted by Gasteiger charge is 2.31. The average Bonchev–Trinajstić information content (AvgIpc) is 2.95. The van der Waals surface area contributed by atoms with Gasteiger partial charge in [-0.05, 0) is 18.4 Å². The third kappa shape index (κ3) is 3.82. The summed E-state index contributed by atoms with van der Waals surface area (Å²) in [5.41, 5.74) is -1.25. The van der Waals surface area contributed by atoms with Crippen LogP contribution in [-0.2, 0) is 4.74 Å². The molecule has 23 heavy (non-hydrogen) atoms. The first-order valence-electron chi connectivity index (χ1n) is 7.34. The highest BCUT2D eigenvalue weighted by Crippen LogP contribution is 2.27. The molecule has 1 aliphatic heterocycles. The normalized spacial score (nSPS) is 20.7. The van der Waals surface area contributed by atoms with Crippen LogP contribution < -0.4 is 5.32 Å². The smallest absolute Gasteiger partial charge is 0.285 e. The molecule has 2 rings (SSSR count). The van der Waals surface area contributed by atoms with Crippen LogP contribution in [0.3, 0.4) is 0 Å². The molecule has 0 bridgehead atoms. The summed E-state index contributed by atoms with van der Waals surface area (Å²) in [5, 5.41) is 13.5. The van der Waals surface area contributed by atoms with Crippen LogP contribution in [-0.4, -0.2) is 30.1 Å². The Balaban J connectivity index is 2.12. The van der Waals surface area contributed by atoms with Crippen molar-refractivity contribution in [3.05, 3.63) is 39.4 Å². The Labute approximate surface area is 132 Å². The van der Waals surface area contributed by atoms with Crippen molar-refractivity contribution < 1.29 is 23.2 Å². The highest BCUT2D eigenvalue weighted by molar-refractivity contribution is 5.98. The summed E-state index contributed by atoms with van der Waals surface area (Å²) < 4.78 is 32.0. The maximum absolute atomic E-state index is 13.3. The first-order chi connectivity index (χ1) is 10.8. The molecule has 0 unspecified atom stereocenters. The summed E-state index contributed by atoms with van der Waals surface area (Å²) in [6.45, 7) is 4.86. The standard InChI is InChI=1S/C15H18F2N2O4/c1-8(2)14-9(3-4-23-14)7-18-15(20)10-5-11(16)12(17)6-13(10)19(21)22/h5-6,8-9,14H,3-4,7H2,1-2H3,(H,18,20)/t9-,14-/m1/s1. The van der Waals surface area contributed by atoms with E-state index in [1.807, 2.05) is 13.8 Å². The van der Waals surface area contributed by atoms with E-state index >= 15 is 0 Å². The van der Waals surface area contributed by atoms with Crippen molar-refractivity contribution in [2.24, 2.45) is 11.8 Å². The second-order valence-electron chi connectivity index (χ2n) is 5.88. The number of ether oxygens (including phenoxy) is 1. The molecule has 2 atom stereocenters. The van der Waals surface area contributed by atoms with Crippen molar-refractivity contribution in [2.75, 3.05) is 13.2 Å². The summed E-state index contributed by atoms with van der Waals surface area (Å²) in [7, 11) is 0. The molecule has 1 fully saturated rings. The number of rotatable bonds is 5. The quantitative estimate of drug-likeness (QED) is 0.665. The molecule has 126 valence electrons. The Morgan fingerprint density at radius 1 is 1.43 bits per heavy atom. The predicted octanol–water partition coefficient (Wildman–Crippen LogP) is 2.66. The molecular formula is C15H18F2N2O4. The number of nitro benzene ring substituents is 1. The molecule has 0 aliphatic carbocycles. The molecule has 1 heterocycles. The minimum atomic E-state index is -1.36. The Kier molecular flexibility index (Phi) is 5.25. The van der Waals surface area contributed by atoms with Gasteiger partial charge in [0.1, 0.15) is 5.56 Å². The van der Waals surface area contributed by atoms with Crippen LogP contribution >= 0.6 is 0 Å². The van der Waals surface area contributed by atoms with E-state index in [4.69, 9.17) is 4.74 Å². The summed E-state index contributed by atoms with van der Waals surface area (Å²) in [4.78, 5) is 22.1. The fraction of sp³-hybridized carbons (Fsp3) is 0.533. The molecule has 1 N–H and O–H groups in total. The van der Waals surface area contributed by atoms with Gasteiger partial charge in [-0.2, -0.15) is 0 Å². The molecule has 1 aromatic rings. The van der Waals surface area contributed by atoms with Crippen LogP contribution in [0.25, 0.3) is 0 Å². The summed E-state index contributed by atoms with van der Waals surface area (Å²) in [5.74, 6) is -3.10. The van der Waals surface area contributed by atoms with Gasteiger partial charge in [-0.15, -0.1) is 0 Å². The van der Waals surface area contributed by atoms with E-state index in [1.165, 1.54) is 0 Å². The van der Waals surface area contributed by atoms with Crippen molar-refractivity contribution in [2.45, 2.75) is 26.4 Å². The van der Waals surface area contributed by atoms with Gasteiger partial charge in [-0.1, -0.05) is 13.8 Å². The number of nitrogens with one attached hydrogen (secondary N) is 1. The first-order valence-corrected chi connectivity index (χ1v) is 7.34. The van der Waals surface area contributed by atoms with Gasteiger partial charge in [-0.25, -0.2) is 8.78 Å². The lowest BCUT2D eigenvalue weighted by atomic mass is 9.93. The Bertz CT molecular complexity index is 622. The van der Waals surface area contributed by atoms with Gasteiger partial charge in [0.2, 0.25) is 0 Å². The summed E-state index contributed by atoms with van der Waals surface area (Å²) in [6, 6.07) is 0.966. The van der Waals surface area contributed by atoms with E-state index in [9.17, 15) is 23.7 Å². The van der Waals surface area contributed by atoms with Crippen molar-refractivity contribution in [1.82, 2.24) is 5.32 Å². The van der Waals surface area contributed by atoms with Crippen LogP contribution in [0, 0.1) is 33.6 Å². The molecule has 0 aromatic heterocycles. The van der Waals surface area contributed by atoms with Gasteiger partial charge < -0.3 is 10.1 Å². The van der Waals surface area contributed by atoms with E-state index in [0.29, 0.717) is 18.7 Å². The fourth-order valence-electron chi connectivity index (χ4n) is 2.80. The average molecular weight is 328 g/mol. The number of carbonyl (C=O) groups is 1. The number of nitrogens with zero attached hydrogens (tertiary/aromatic N) is 1. The third-order valence-corrected chi connectivity index (χ3v) is 3.93. The number of hydrogen-bond donors (Lipinski definition) is 1. The molecule has 0 radical (unpaired) electrons. The van der Waals surface area contributed by atoms with Gasteiger partial charge in [0.05, 0.1) is 17.1 Å². The molecule has 1 aromatic carbocycles. The fourth-order valence-corrected chi connectivity index (χ4v) is 2.80. The molecule has 6 nitrogen and oxygen atoms in total. The van der Waals surface area contributed by atoms with Crippen LogP contribution in [0.15, 0.2) is 12.1 Å². The van der Waals surface area contributed by atoms with Crippen LogP contribution in [0.4, 0.5) is 14.5 Å². The summed E-state index contributed by atoms with van der Waals surface area (Å²) >= 11 is 0. The minimum absolute atomic E-state index is 0.00441. The number of halogens is 2. The zero-order chi connectivity index (χ0) is 17.1. The maximum Gasteiger partial charge on any atom is 0.285 e. The van der Waals surface area contributed by atoms with E-state index in [2.05, 4.69) is 5.32 Å². The number of hydrogen-bond acceptors (Lipinski definition) is 4. The van der Waals surface area contributed by atoms with Crippen molar-refractivity contribution in [1.29, 1.82) is 0 Å². The molecule has 1 amide bonds. The Morgan fingerprint density at radius 3 is 2.70 bits per heavy atom. The molecule has 1 aliphatic rings. The van der Waals surface area contributed by atoms with Crippen molar-refractivity contribution in [3.8, 4) is 0 Å². The first kappa shape index (κ1) is 17.3. The van der Waals surface area contributed by atoms with Gasteiger partial charge in [0, 0.05) is 19.1 Å². The van der Waals surface area contributed by atoms with Gasteiger partial charge in [0.25, 0.3) is 11.6 Å². The van der Waals surface area contributed by atoms with Gasteiger partial charge in [-0.3, -0.25) is 14.9 Å². The zero-order valence-electron chi connectivity index (χ0n) is 12.8. The molecule has 1 saturated heterocycles. The molecular weight excluding hydrogens is 310 g/mol. The number of benzene rings is 1. The van der Waals surface area contributed by atoms with Crippen LogP contribution in [0.5, 0.6) is 0 Å². The SMILES string of the molecule is CC(C)[C@H]1OCC[C@@H]1CNC(=O)c1cc(F)c(F)cc1[N+](=O)[O-]. The van der Waals surface area contributed by atoms with E-state index in [-0.39, 0.29) is 24.5 Å². The summed E-state index contributed by atoms with van der Waals surface area (Å²) in [6.07, 6.45) is 0.762. The Morgan fingerprint density at radius 2 is 2.09 bits per heavy atom. The molecule has 0 saturated carbocycles. The van der Waals surface area contributed by atoms with Crippen molar-refractivity contribution in [3.63, 3.8) is 0 Å². The third-order valence-electron chi connectivity index (χ3n) is 3.93. The lowest BCUT2D eigenvalue weighted by molar-refractivity contribution is -0.385. The molecule has 0 spiro atoms. The second-order valence-corrected chi connectivity index (χ2v) is 5.88.